The van der Waals surface area contributed by atoms with Crippen LogP contribution in [0.2, 0.25) is 5.02 Å². The molecule has 0 unspecified atom stereocenters. The van der Waals surface area contributed by atoms with Crippen LogP contribution in [0.25, 0.3) is 6.08 Å². The second-order valence-electron chi connectivity index (χ2n) is 5.35. The Hall–Kier alpha value is -2.46. The summed E-state index contributed by atoms with van der Waals surface area (Å²) in [6.07, 6.45) is 3.30. The highest BCUT2D eigenvalue weighted by Gasteiger charge is 2.06. The number of carbonyl (C=O) groups is 1. The molecule has 0 saturated heterocycles. The second-order valence-corrected chi connectivity index (χ2v) is 5.75. The van der Waals surface area contributed by atoms with Crippen molar-refractivity contribution in [3.63, 3.8) is 0 Å². The second kappa shape index (κ2) is 7.88. The number of rotatable bonds is 5. The minimum atomic E-state index is -0.231. The van der Waals surface area contributed by atoms with Gasteiger partial charge in [0.15, 0.2) is 0 Å². The monoisotopic (exact) mass is 345 g/mol. The average molecular weight is 346 g/mol. The molecule has 0 aliphatic carbocycles. The Morgan fingerprint density at radius 2 is 1.75 bits per heavy atom. The zero-order valence-electron chi connectivity index (χ0n) is 14.1. The molecule has 2 rings (SSSR count). The van der Waals surface area contributed by atoms with E-state index in [1.165, 1.54) is 6.08 Å². The number of carbonyl (C=O) groups excluding carboxylic acids is 1. The summed E-state index contributed by atoms with van der Waals surface area (Å²) in [5.74, 6) is 1.14. The summed E-state index contributed by atoms with van der Waals surface area (Å²) < 4.78 is 10.3. The third kappa shape index (κ3) is 4.30. The SMILES string of the molecule is COc1cc(C)c(/C=C/C(=O)Nc2ccc(OC)c(Cl)c2)c(C)c1. The first kappa shape index (κ1) is 17.9. The summed E-state index contributed by atoms with van der Waals surface area (Å²) >= 11 is 6.05. The van der Waals surface area contributed by atoms with E-state index in [9.17, 15) is 4.79 Å². The Balaban J connectivity index is 2.12. The fraction of sp³-hybridized carbons (Fsp3) is 0.211. The quantitative estimate of drug-likeness (QED) is 0.804. The zero-order valence-corrected chi connectivity index (χ0v) is 14.9. The lowest BCUT2D eigenvalue weighted by Gasteiger charge is -2.09. The van der Waals surface area contributed by atoms with Gasteiger partial charge < -0.3 is 14.8 Å². The van der Waals surface area contributed by atoms with Crippen LogP contribution in [0.15, 0.2) is 36.4 Å². The van der Waals surface area contributed by atoms with Crippen molar-refractivity contribution in [3.05, 3.63) is 58.1 Å². The first-order valence-corrected chi connectivity index (χ1v) is 7.80. The van der Waals surface area contributed by atoms with Crippen molar-refractivity contribution in [1.82, 2.24) is 0 Å². The molecule has 24 heavy (non-hydrogen) atoms. The number of halogens is 1. The van der Waals surface area contributed by atoms with Crippen molar-refractivity contribution >= 4 is 29.3 Å². The lowest BCUT2D eigenvalue weighted by molar-refractivity contribution is -0.111. The van der Waals surface area contributed by atoms with Gasteiger partial charge in [-0.15, -0.1) is 0 Å². The van der Waals surface area contributed by atoms with Gasteiger partial charge in [-0.05, 0) is 66.9 Å². The van der Waals surface area contributed by atoms with E-state index >= 15 is 0 Å². The maximum atomic E-state index is 12.1. The molecule has 0 saturated carbocycles. The predicted molar refractivity (Wildman–Crippen MR) is 98.1 cm³/mol. The number of amides is 1. The first-order valence-electron chi connectivity index (χ1n) is 7.42. The average Bonchev–Trinajstić information content (AvgIpc) is 2.54. The van der Waals surface area contributed by atoms with E-state index < -0.39 is 0 Å². The van der Waals surface area contributed by atoms with E-state index in [0.717, 1.165) is 22.4 Å². The minimum absolute atomic E-state index is 0.231. The van der Waals surface area contributed by atoms with Gasteiger partial charge in [0.2, 0.25) is 5.91 Å². The van der Waals surface area contributed by atoms with Gasteiger partial charge in [0.25, 0.3) is 0 Å². The van der Waals surface area contributed by atoms with Gasteiger partial charge in [-0.3, -0.25) is 4.79 Å². The number of benzene rings is 2. The molecule has 0 radical (unpaired) electrons. The molecule has 0 aliphatic heterocycles. The molecule has 126 valence electrons. The van der Waals surface area contributed by atoms with Crippen molar-refractivity contribution in [3.8, 4) is 11.5 Å². The van der Waals surface area contributed by atoms with Crippen LogP contribution in [0.4, 0.5) is 5.69 Å². The van der Waals surface area contributed by atoms with Crippen LogP contribution in [-0.2, 0) is 4.79 Å². The van der Waals surface area contributed by atoms with Crippen molar-refractivity contribution in [2.24, 2.45) is 0 Å². The largest absolute Gasteiger partial charge is 0.497 e. The van der Waals surface area contributed by atoms with E-state index in [4.69, 9.17) is 21.1 Å². The van der Waals surface area contributed by atoms with Crippen molar-refractivity contribution in [2.45, 2.75) is 13.8 Å². The summed E-state index contributed by atoms with van der Waals surface area (Å²) in [5.41, 5.74) is 3.70. The third-order valence-corrected chi connectivity index (χ3v) is 3.92. The molecule has 0 spiro atoms. The maximum absolute atomic E-state index is 12.1. The number of aryl methyl sites for hydroxylation is 2. The summed E-state index contributed by atoms with van der Waals surface area (Å²) in [6, 6.07) is 8.97. The van der Waals surface area contributed by atoms with Gasteiger partial charge in [0.1, 0.15) is 11.5 Å². The summed E-state index contributed by atoms with van der Waals surface area (Å²) in [7, 11) is 3.18. The van der Waals surface area contributed by atoms with Crippen LogP contribution < -0.4 is 14.8 Å². The van der Waals surface area contributed by atoms with Crippen LogP contribution in [-0.4, -0.2) is 20.1 Å². The first-order chi connectivity index (χ1) is 11.4. The predicted octanol–water partition coefficient (Wildman–Crippen LogP) is 4.63. The Morgan fingerprint density at radius 3 is 2.29 bits per heavy atom. The smallest absolute Gasteiger partial charge is 0.248 e. The van der Waals surface area contributed by atoms with E-state index in [-0.39, 0.29) is 5.91 Å². The molecule has 1 amide bonds. The van der Waals surface area contributed by atoms with Gasteiger partial charge in [0.05, 0.1) is 19.2 Å². The molecule has 1 N–H and O–H groups in total. The number of methoxy groups -OCH3 is 2. The number of anilines is 1. The fourth-order valence-electron chi connectivity index (χ4n) is 2.40. The molecule has 0 bridgehead atoms. The molecule has 0 aromatic heterocycles. The van der Waals surface area contributed by atoms with Crippen LogP contribution in [0.5, 0.6) is 11.5 Å². The lowest BCUT2D eigenvalue weighted by atomic mass is 10.0. The Morgan fingerprint density at radius 1 is 1.08 bits per heavy atom. The lowest BCUT2D eigenvalue weighted by Crippen LogP contribution is -2.07. The molecular formula is C19H20ClNO3. The molecule has 2 aromatic rings. The molecule has 4 nitrogen and oxygen atoms in total. The summed E-state index contributed by atoms with van der Waals surface area (Å²) in [4.78, 5) is 12.1. The number of ether oxygens (including phenoxy) is 2. The van der Waals surface area contributed by atoms with Crippen molar-refractivity contribution in [2.75, 3.05) is 19.5 Å². The molecule has 0 heterocycles. The van der Waals surface area contributed by atoms with E-state index in [2.05, 4.69) is 5.32 Å². The molecule has 5 heteroatoms. The van der Waals surface area contributed by atoms with Crippen LogP contribution in [0.1, 0.15) is 16.7 Å². The normalized spacial score (nSPS) is 10.7. The molecule has 2 aromatic carbocycles. The third-order valence-electron chi connectivity index (χ3n) is 3.62. The van der Waals surface area contributed by atoms with E-state index in [0.29, 0.717) is 16.5 Å². The minimum Gasteiger partial charge on any atom is -0.497 e. The Kier molecular flexibility index (Phi) is 5.88. The maximum Gasteiger partial charge on any atom is 0.248 e. The highest BCUT2D eigenvalue weighted by atomic mass is 35.5. The topological polar surface area (TPSA) is 47.6 Å². The van der Waals surface area contributed by atoms with Crippen LogP contribution >= 0.6 is 11.6 Å². The summed E-state index contributed by atoms with van der Waals surface area (Å²) in [5, 5.41) is 3.22. The number of nitrogens with one attached hydrogen (secondary N) is 1. The molecule has 0 atom stereocenters. The van der Waals surface area contributed by atoms with Gasteiger partial charge in [0, 0.05) is 11.8 Å². The van der Waals surface area contributed by atoms with Crippen molar-refractivity contribution < 1.29 is 14.3 Å². The Labute approximate surface area is 147 Å². The van der Waals surface area contributed by atoms with E-state index in [1.807, 2.05) is 26.0 Å². The zero-order chi connectivity index (χ0) is 17.7. The van der Waals surface area contributed by atoms with Crippen LogP contribution in [0, 0.1) is 13.8 Å². The number of hydrogen-bond acceptors (Lipinski definition) is 3. The van der Waals surface area contributed by atoms with Gasteiger partial charge >= 0.3 is 0 Å². The highest BCUT2D eigenvalue weighted by Crippen LogP contribution is 2.27. The van der Waals surface area contributed by atoms with Crippen molar-refractivity contribution in [1.29, 1.82) is 0 Å². The highest BCUT2D eigenvalue weighted by molar-refractivity contribution is 6.32. The van der Waals surface area contributed by atoms with Gasteiger partial charge in [-0.25, -0.2) is 0 Å². The Bertz CT molecular complexity index is 761. The van der Waals surface area contributed by atoms with E-state index in [1.54, 1.807) is 38.5 Å². The standard InChI is InChI=1S/C19H20ClNO3/c1-12-9-15(23-3)10-13(2)16(12)6-8-19(22)21-14-5-7-18(24-4)17(20)11-14/h5-11H,1-4H3,(H,21,22)/b8-6+. The van der Waals surface area contributed by atoms with Gasteiger partial charge in [-0.2, -0.15) is 0 Å². The van der Waals surface area contributed by atoms with Gasteiger partial charge in [-0.1, -0.05) is 11.6 Å². The van der Waals surface area contributed by atoms with Crippen LogP contribution in [0.3, 0.4) is 0 Å². The molecule has 0 aliphatic rings. The molecular weight excluding hydrogens is 326 g/mol. The number of hydrogen-bond donors (Lipinski definition) is 1. The molecule has 0 fully saturated rings. The fourth-order valence-corrected chi connectivity index (χ4v) is 2.66. The summed E-state index contributed by atoms with van der Waals surface area (Å²) in [6.45, 7) is 3.96.